The molecule has 60 heavy (non-hydrogen) atoms. The first-order valence-electron chi connectivity index (χ1n) is 23.8. The summed E-state index contributed by atoms with van der Waals surface area (Å²) in [5.41, 5.74) is 20.1. The minimum absolute atomic E-state index is 0.113. The monoisotopic (exact) mass is 811 g/mol. The van der Waals surface area contributed by atoms with Gasteiger partial charge >= 0.3 is 0 Å². The van der Waals surface area contributed by atoms with E-state index in [0.717, 1.165) is 25.7 Å². The van der Waals surface area contributed by atoms with Crippen LogP contribution >= 0.6 is 11.3 Å². The highest BCUT2D eigenvalue weighted by Gasteiger charge is 2.46. The van der Waals surface area contributed by atoms with Crippen molar-refractivity contribution in [2.24, 2.45) is 0 Å². The van der Waals surface area contributed by atoms with Crippen LogP contribution in [0, 0.1) is 0 Å². The Bertz CT molecular complexity index is 2520. The Hall–Kier alpha value is -4.28. The maximum atomic E-state index is 2.75. The van der Waals surface area contributed by atoms with Gasteiger partial charge in [-0.05, 0) is 174 Å². The van der Waals surface area contributed by atoms with Crippen LogP contribution in [0.25, 0.3) is 10.1 Å². The minimum Gasteiger partial charge on any atom is -0.311 e. The van der Waals surface area contributed by atoms with Crippen LogP contribution in [0.5, 0.6) is 0 Å². The maximum Gasteiger partial charge on any atom is 0.264 e. The molecule has 0 radical (unpaired) electrons. The van der Waals surface area contributed by atoms with Crippen molar-refractivity contribution in [3.63, 3.8) is 0 Å². The summed E-state index contributed by atoms with van der Waals surface area (Å²) in [6, 6.07) is 37.3. The summed E-state index contributed by atoms with van der Waals surface area (Å²) in [6.07, 6.45) is 16.5. The molecule has 2 aliphatic heterocycles. The molecule has 3 heterocycles. The van der Waals surface area contributed by atoms with E-state index in [4.69, 9.17) is 0 Å². The Morgan fingerprint density at radius 3 is 1.73 bits per heavy atom. The Morgan fingerprint density at radius 2 is 1.07 bits per heavy atom. The molecule has 3 aliphatic rings. The molecule has 310 valence electrons. The Morgan fingerprint density at radius 1 is 0.517 bits per heavy atom. The summed E-state index contributed by atoms with van der Waals surface area (Å²) >= 11 is 2.05. The standard InChI is InChI=1S/C56H67BN2S/c1-9-13-17-38-21-25-42(26-22-38)58-48-29-23-40(19-15-11-3)34-47(48)57-52-49(58)35-41(20-16-12-4)36-50(52)59(43-27-28-45-46(37-43)56(7,8)32-31-55(45,5)6)53-44-33-39(18-14-10-2)24-30-51(44)60-54(53)57/h21-30,33-37H,9-20,31-32H2,1-8H3. The zero-order valence-corrected chi connectivity index (χ0v) is 38.8. The van der Waals surface area contributed by atoms with E-state index >= 15 is 0 Å². The molecular weight excluding hydrogens is 744 g/mol. The Labute approximate surface area is 366 Å². The first kappa shape index (κ1) is 41.1. The molecule has 4 heteroatoms. The number of hydrogen-bond acceptors (Lipinski definition) is 3. The van der Waals surface area contributed by atoms with Crippen LogP contribution in [0.1, 0.15) is 153 Å². The number of benzene rings is 5. The van der Waals surface area contributed by atoms with E-state index < -0.39 is 0 Å². The fourth-order valence-corrected chi connectivity index (χ4v) is 12.0. The predicted molar refractivity (Wildman–Crippen MR) is 266 cm³/mol. The molecule has 0 unspecified atom stereocenters. The minimum atomic E-state index is 0.113. The van der Waals surface area contributed by atoms with Gasteiger partial charge in [-0.2, -0.15) is 0 Å². The largest absolute Gasteiger partial charge is 0.311 e. The molecule has 0 N–H and O–H groups in total. The maximum absolute atomic E-state index is 2.75. The van der Waals surface area contributed by atoms with E-state index in [9.17, 15) is 0 Å². The summed E-state index contributed by atoms with van der Waals surface area (Å²) in [6.45, 7) is 19.3. The number of thiophene rings is 1. The van der Waals surface area contributed by atoms with Crippen LogP contribution in [-0.2, 0) is 36.5 Å². The zero-order chi connectivity index (χ0) is 41.8. The highest BCUT2D eigenvalue weighted by molar-refractivity contribution is 7.33. The van der Waals surface area contributed by atoms with Crippen molar-refractivity contribution in [2.45, 2.75) is 156 Å². The van der Waals surface area contributed by atoms with Gasteiger partial charge in [0.25, 0.3) is 6.71 Å². The van der Waals surface area contributed by atoms with E-state index in [1.54, 1.807) is 0 Å². The second-order valence-corrected chi connectivity index (χ2v) is 20.9. The predicted octanol–water partition coefficient (Wildman–Crippen LogP) is 14.7. The molecule has 0 bridgehead atoms. The number of unbranched alkanes of at least 4 members (excludes halogenated alkanes) is 4. The van der Waals surface area contributed by atoms with Gasteiger partial charge in [-0.1, -0.05) is 117 Å². The lowest BCUT2D eigenvalue weighted by atomic mass is 9.36. The lowest BCUT2D eigenvalue weighted by Gasteiger charge is -2.45. The van der Waals surface area contributed by atoms with Crippen molar-refractivity contribution in [3.8, 4) is 0 Å². The highest BCUT2D eigenvalue weighted by Crippen LogP contribution is 2.52. The van der Waals surface area contributed by atoms with E-state index in [1.165, 1.54) is 158 Å². The van der Waals surface area contributed by atoms with Gasteiger partial charge in [0.05, 0.1) is 5.69 Å². The normalized spacial score (nSPS) is 15.8. The number of anilines is 6. The first-order chi connectivity index (χ1) is 29.1. The Balaban J connectivity index is 1.36. The number of rotatable bonds is 14. The van der Waals surface area contributed by atoms with Crippen molar-refractivity contribution < 1.29 is 0 Å². The van der Waals surface area contributed by atoms with Crippen molar-refractivity contribution >= 4 is 78.0 Å². The number of fused-ring (bicyclic) bond motifs is 7. The smallest absolute Gasteiger partial charge is 0.264 e. The van der Waals surface area contributed by atoms with Gasteiger partial charge in [0, 0.05) is 43.3 Å². The number of hydrogen-bond donors (Lipinski definition) is 0. The fraction of sp³-hybridized carbons (Fsp3) is 0.429. The Kier molecular flexibility index (Phi) is 11.3. The van der Waals surface area contributed by atoms with Crippen LogP contribution in [0.3, 0.4) is 0 Å². The molecule has 6 aromatic rings. The van der Waals surface area contributed by atoms with Gasteiger partial charge in [-0.15, -0.1) is 11.3 Å². The van der Waals surface area contributed by atoms with Crippen molar-refractivity contribution in [3.05, 3.63) is 124 Å². The zero-order valence-electron chi connectivity index (χ0n) is 37.9. The van der Waals surface area contributed by atoms with Crippen LogP contribution in [0.15, 0.2) is 91.0 Å². The quantitative estimate of drug-likeness (QED) is 0.101. The van der Waals surface area contributed by atoms with Gasteiger partial charge in [0.2, 0.25) is 0 Å². The average molecular weight is 811 g/mol. The third-order valence-corrected chi connectivity index (χ3v) is 15.6. The molecular formula is C56H67BN2S. The molecule has 9 rings (SSSR count). The lowest BCUT2D eigenvalue weighted by molar-refractivity contribution is 0.332. The van der Waals surface area contributed by atoms with E-state index in [-0.39, 0.29) is 17.5 Å². The molecule has 2 nitrogen and oxygen atoms in total. The number of nitrogens with zero attached hydrogens (tertiary/aromatic N) is 2. The van der Waals surface area contributed by atoms with Crippen molar-refractivity contribution in [1.29, 1.82) is 0 Å². The summed E-state index contributed by atoms with van der Waals surface area (Å²) < 4.78 is 2.90. The second-order valence-electron chi connectivity index (χ2n) is 19.8. The SMILES string of the molecule is CCCCc1ccc(N2c3ccc(CCCC)cc3B3c4sc5ccc(CCCC)cc5c4N(c4ccc5c(c4)C(C)(C)CCC5(C)C)c4cc(CCCC)cc2c43)cc1. The van der Waals surface area contributed by atoms with Crippen LogP contribution in [-0.4, -0.2) is 6.71 Å². The van der Waals surface area contributed by atoms with Gasteiger partial charge < -0.3 is 9.80 Å². The van der Waals surface area contributed by atoms with E-state index in [0.29, 0.717) is 0 Å². The van der Waals surface area contributed by atoms with E-state index in [1.807, 2.05) is 11.3 Å². The summed E-state index contributed by atoms with van der Waals surface area (Å²) in [7, 11) is 0. The van der Waals surface area contributed by atoms with Crippen LogP contribution in [0.4, 0.5) is 34.1 Å². The molecule has 1 aliphatic carbocycles. The van der Waals surface area contributed by atoms with Crippen molar-refractivity contribution in [2.75, 3.05) is 9.80 Å². The second kappa shape index (κ2) is 16.5. The molecule has 0 atom stereocenters. The molecule has 1 aromatic heterocycles. The number of aryl methyl sites for hydroxylation is 4. The molecule has 0 amide bonds. The molecule has 0 fully saturated rings. The molecule has 0 saturated carbocycles. The van der Waals surface area contributed by atoms with Crippen LogP contribution < -0.4 is 25.5 Å². The summed E-state index contributed by atoms with van der Waals surface area (Å²) in [4.78, 5) is 5.39. The third-order valence-electron chi connectivity index (χ3n) is 14.4. The van der Waals surface area contributed by atoms with Crippen LogP contribution in [0.2, 0.25) is 0 Å². The summed E-state index contributed by atoms with van der Waals surface area (Å²) in [5.74, 6) is 0. The molecule has 5 aromatic carbocycles. The summed E-state index contributed by atoms with van der Waals surface area (Å²) in [5, 5.41) is 1.42. The van der Waals surface area contributed by atoms with Gasteiger partial charge in [-0.25, -0.2) is 0 Å². The highest BCUT2D eigenvalue weighted by atomic mass is 32.1. The third kappa shape index (κ3) is 7.23. The van der Waals surface area contributed by atoms with Gasteiger partial charge in [-0.3, -0.25) is 0 Å². The van der Waals surface area contributed by atoms with E-state index in [2.05, 4.69) is 156 Å². The van der Waals surface area contributed by atoms with Gasteiger partial charge in [0.1, 0.15) is 0 Å². The first-order valence-corrected chi connectivity index (χ1v) is 24.6. The molecule has 0 spiro atoms. The lowest BCUT2D eigenvalue weighted by Crippen LogP contribution is -2.60. The van der Waals surface area contributed by atoms with Crippen molar-refractivity contribution in [1.82, 2.24) is 0 Å². The van der Waals surface area contributed by atoms with Gasteiger partial charge in [0.15, 0.2) is 0 Å². The molecule has 0 saturated heterocycles. The average Bonchev–Trinajstić information content (AvgIpc) is 3.63. The fourth-order valence-electron chi connectivity index (χ4n) is 10.7. The topological polar surface area (TPSA) is 6.48 Å².